The first-order valence-corrected chi connectivity index (χ1v) is 15.7. The van der Waals surface area contributed by atoms with Crippen LogP contribution in [0, 0.1) is 45.8 Å². The first-order chi connectivity index (χ1) is 20.1. The minimum Gasteiger partial charge on any atom is -0.462 e. The van der Waals surface area contributed by atoms with E-state index in [4.69, 9.17) is 14.2 Å². The van der Waals surface area contributed by atoms with E-state index in [2.05, 4.69) is 12.7 Å². The highest BCUT2D eigenvalue weighted by Gasteiger charge is 2.84. The molecule has 0 aromatic heterocycles. The lowest BCUT2D eigenvalue weighted by molar-refractivity contribution is -0.162. The minimum absolute atomic E-state index is 0.0840. The highest BCUT2D eigenvalue weighted by molar-refractivity contribution is 6.09. The summed E-state index contributed by atoms with van der Waals surface area (Å²) >= 11 is 0. The normalized spacial score (nSPS) is 47.6. The summed E-state index contributed by atoms with van der Waals surface area (Å²) in [7, 11) is 0. The Hall–Kier alpha value is -3.00. The van der Waals surface area contributed by atoms with Crippen LogP contribution in [0.1, 0.15) is 73.6 Å². The Morgan fingerprint density at radius 3 is 2.56 bits per heavy atom. The summed E-state index contributed by atoms with van der Waals surface area (Å²) in [6.07, 6.45) is 5.52. The average Bonchev–Trinajstić information content (AvgIpc) is 3.57. The Kier molecular flexibility index (Phi) is 5.88. The van der Waals surface area contributed by atoms with Crippen LogP contribution in [-0.4, -0.2) is 52.7 Å². The van der Waals surface area contributed by atoms with Crippen LogP contribution in [0.4, 0.5) is 0 Å². The molecule has 2 bridgehead atoms. The van der Waals surface area contributed by atoms with Crippen LogP contribution in [0.5, 0.6) is 0 Å². The Labute approximate surface area is 252 Å². The number of hydrogen-bond acceptors (Lipinski definition) is 8. The summed E-state index contributed by atoms with van der Waals surface area (Å²) in [4.78, 5) is 54.1. The lowest BCUT2D eigenvalue weighted by Gasteiger charge is -2.46. The van der Waals surface area contributed by atoms with E-state index in [1.807, 2.05) is 47.6 Å². The van der Waals surface area contributed by atoms with Crippen LogP contribution in [0.2, 0.25) is 0 Å². The molecule has 2 saturated heterocycles. The van der Waals surface area contributed by atoms with Crippen molar-refractivity contribution in [1.82, 2.24) is 0 Å². The van der Waals surface area contributed by atoms with E-state index in [1.165, 1.54) is 0 Å². The summed E-state index contributed by atoms with van der Waals surface area (Å²) in [5.74, 6) is -2.87. The highest BCUT2D eigenvalue weighted by atomic mass is 16.6. The number of ether oxygens (including phenoxy) is 3. The van der Waals surface area contributed by atoms with E-state index in [1.54, 1.807) is 6.08 Å². The molecule has 1 spiro atoms. The number of fused-ring (bicyclic) bond motifs is 6. The fourth-order valence-corrected chi connectivity index (χ4v) is 10.7. The second-order valence-corrected chi connectivity index (χ2v) is 15.2. The molecule has 1 N–H and O–H groups in total. The van der Waals surface area contributed by atoms with Gasteiger partial charge in [-0.25, -0.2) is 4.79 Å². The Balaban J connectivity index is 1.42. The van der Waals surface area contributed by atoms with Crippen LogP contribution in [0.15, 0.2) is 47.1 Å². The summed E-state index contributed by atoms with van der Waals surface area (Å²) in [6.45, 7) is 15.6. The third-order valence-electron chi connectivity index (χ3n) is 12.6. The van der Waals surface area contributed by atoms with Crippen molar-refractivity contribution in [1.29, 1.82) is 0 Å². The molecule has 1 unspecified atom stereocenters. The quantitative estimate of drug-likeness (QED) is 0.220. The second kappa shape index (κ2) is 8.80. The summed E-state index contributed by atoms with van der Waals surface area (Å²) in [6, 6.07) is 0. The summed E-state index contributed by atoms with van der Waals surface area (Å²) < 4.78 is 18.8. The maximum absolute atomic E-state index is 14.7. The van der Waals surface area contributed by atoms with Crippen molar-refractivity contribution < 1.29 is 38.5 Å². The van der Waals surface area contributed by atoms with E-state index in [0.717, 1.165) is 11.1 Å². The van der Waals surface area contributed by atoms with Crippen molar-refractivity contribution in [2.24, 2.45) is 45.8 Å². The van der Waals surface area contributed by atoms with Gasteiger partial charge in [0.1, 0.15) is 18.3 Å². The lowest BCUT2D eigenvalue weighted by Crippen LogP contribution is -2.53. The molecule has 8 heteroatoms. The van der Waals surface area contributed by atoms with E-state index in [-0.39, 0.29) is 36.4 Å². The van der Waals surface area contributed by atoms with Gasteiger partial charge in [0.25, 0.3) is 0 Å². The van der Waals surface area contributed by atoms with E-state index < -0.39 is 69.9 Å². The maximum atomic E-state index is 14.7. The summed E-state index contributed by atoms with van der Waals surface area (Å²) in [5, 5.41) is 12.3. The first kappa shape index (κ1) is 28.8. The predicted octanol–water partition coefficient (Wildman–Crippen LogP) is 4.56. The zero-order valence-electron chi connectivity index (χ0n) is 25.9. The van der Waals surface area contributed by atoms with E-state index >= 15 is 0 Å². The molecule has 5 aliphatic carbocycles. The zero-order chi connectivity index (χ0) is 31.0. The fourth-order valence-electron chi connectivity index (χ4n) is 10.7. The Morgan fingerprint density at radius 2 is 1.86 bits per heavy atom. The van der Waals surface area contributed by atoms with Crippen molar-refractivity contribution in [3.63, 3.8) is 0 Å². The molecule has 0 radical (unpaired) electrons. The monoisotopic (exact) mass is 590 g/mol. The Bertz CT molecular complexity index is 1480. The van der Waals surface area contributed by atoms with Crippen LogP contribution < -0.4 is 0 Å². The van der Waals surface area contributed by atoms with Crippen LogP contribution in [0.25, 0.3) is 0 Å². The topological polar surface area (TPSA) is 116 Å². The molecule has 2 aliphatic heterocycles. The molecule has 2 saturated carbocycles. The predicted molar refractivity (Wildman–Crippen MR) is 155 cm³/mol. The van der Waals surface area contributed by atoms with Gasteiger partial charge in [-0.3, -0.25) is 14.4 Å². The second-order valence-electron chi connectivity index (χ2n) is 15.2. The average molecular weight is 591 g/mol. The fraction of sp³-hybridized carbons (Fsp3) is 0.657. The van der Waals surface area contributed by atoms with Gasteiger partial charge in [0.15, 0.2) is 5.78 Å². The highest BCUT2D eigenvalue weighted by Crippen LogP contribution is 2.80. The van der Waals surface area contributed by atoms with Gasteiger partial charge in [-0.15, -0.1) is 0 Å². The van der Waals surface area contributed by atoms with Gasteiger partial charge in [-0.1, -0.05) is 50.6 Å². The molecule has 8 nitrogen and oxygen atoms in total. The van der Waals surface area contributed by atoms with E-state index in [9.17, 15) is 24.3 Å². The number of carbonyl (C=O) groups is 4. The number of rotatable bonds is 3. The van der Waals surface area contributed by atoms with Crippen LogP contribution >= 0.6 is 0 Å². The lowest BCUT2D eigenvalue weighted by atomic mass is 9.54. The summed E-state index contributed by atoms with van der Waals surface area (Å²) in [5.41, 5.74) is -1.47. The largest absolute Gasteiger partial charge is 0.462 e. The molecule has 0 aromatic carbocycles. The van der Waals surface area contributed by atoms with Crippen LogP contribution in [-0.2, 0) is 33.4 Å². The van der Waals surface area contributed by atoms with Gasteiger partial charge < -0.3 is 19.3 Å². The first-order valence-electron chi connectivity index (χ1n) is 15.7. The van der Waals surface area contributed by atoms with Gasteiger partial charge in [0, 0.05) is 52.6 Å². The third kappa shape index (κ3) is 3.36. The molecule has 7 rings (SSSR count). The molecule has 0 aromatic rings. The molecular formula is C35H42O8. The molecule has 230 valence electrons. The maximum Gasteiger partial charge on any atom is 0.334 e. The molecule has 0 amide bonds. The van der Waals surface area contributed by atoms with Crippen molar-refractivity contribution in [2.45, 2.75) is 97.6 Å². The van der Waals surface area contributed by atoms with Gasteiger partial charge in [-0.2, -0.15) is 0 Å². The number of aliphatic hydroxyl groups is 1. The SMILES string of the molecule is C=C1C(=O)O[C@H]2[C@H]1CC[C@@](C)(O)[C@@]13C=C[C@@](C)([C@H]21)C1(C3)C(=O)O[C@@H]2[C@H]3C(C)=CC(=O)C3=C(C)C[C@H](OC(=O)CC(C)C)[C@H]21. The van der Waals surface area contributed by atoms with Crippen molar-refractivity contribution >= 4 is 23.7 Å². The minimum atomic E-state index is -1.21. The molecule has 43 heavy (non-hydrogen) atoms. The number of ketones is 1. The molecule has 7 aliphatic rings. The van der Waals surface area contributed by atoms with Gasteiger partial charge in [0.05, 0.1) is 16.9 Å². The number of allylic oxidation sites excluding steroid dienone is 2. The van der Waals surface area contributed by atoms with Gasteiger partial charge >= 0.3 is 17.9 Å². The smallest absolute Gasteiger partial charge is 0.334 e. The van der Waals surface area contributed by atoms with Crippen molar-refractivity contribution in [2.75, 3.05) is 0 Å². The van der Waals surface area contributed by atoms with Crippen LogP contribution in [0.3, 0.4) is 0 Å². The zero-order valence-corrected chi connectivity index (χ0v) is 25.9. The molecule has 11 atom stereocenters. The van der Waals surface area contributed by atoms with E-state index in [0.29, 0.717) is 30.4 Å². The third-order valence-corrected chi connectivity index (χ3v) is 12.6. The van der Waals surface area contributed by atoms with Gasteiger partial charge in [-0.05, 0) is 52.0 Å². The molecule has 2 heterocycles. The molecular weight excluding hydrogens is 548 g/mol. The molecule has 4 fully saturated rings. The number of esters is 3. The number of carbonyl (C=O) groups excluding carboxylic acids is 4. The van der Waals surface area contributed by atoms with Gasteiger partial charge in [0.2, 0.25) is 0 Å². The Morgan fingerprint density at radius 1 is 1.14 bits per heavy atom. The van der Waals surface area contributed by atoms with Crippen molar-refractivity contribution in [3.05, 3.63) is 47.1 Å². The van der Waals surface area contributed by atoms with Crippen molar-refractivity contribution in [3.8, 4) is 0 Å². The standard InChI is InChI=1S/C35H42O8/c1-16(2)12-23(37)41-22-14-18(4)24-21(36)13-17(3)25(24)28-26(22)35(31(39)43-28)15-34-11-10-32(35,6)29(34)27-20(8-9-33(34,7)40)19(5)30(38)42-27/h10-11,13,16,20,22,25-29,40H,5,8-9,12,14-15H2,1-4,6-7H3/t20-,22-,25-,26+,27-,28+,29-,32-,33+,34+,35?/m0/s1. The number of hydrogen-bond donors (Lipinski definition) is 1.